The Morgan fingerprint density at radius 3 is 0.846 bits per heavy atom. The molecule has 2 aliphatic heterocycles. The second kappa shape index (κ2) is 19.3. The average Bonchev–Trinajstić information content (AvgIpc) is 2.53. The minimum absolute atomic E-state index is 0.127. The van der Waals surface area contributed by atoms with Gasteiger partial charge >= 0.3 is 0 Å². The molecular formula is C75H63BN2. The van der Waals surface area contributed by atoms with E-state index >= 15 is 0 Å². The number of rotatable bonds is 8. The quantitative estimate of drug-likeness (QED) is 0.140. The van der Waals surface area contributed by atoms with Crippen LogP contribution in [0.25, 0.3) is 66.8 Å². The van der Waals surface area contributed by atoms with Gasteiger partial charge in [0.05, 0.1) is 0 Å². The Hall–Kier alpha value is -8.92. The molecule has 0 N–H and O–H groups in total. The number of hydrogen-bond acceptors (Lipinski definition) is 2. The topological polar surface area (TPSA) is 6.48 Å². The predicted octanol–water partition coefficient (Wildman–Crippen LogP) is 18.7. The average molecular weight is 1000 g/mol. The molecule has 0 radical (unpaired) electrons. The summed E-state index contributed by atoms with van der Waals surface area (Å²) in [7, 11) is 0. The maximum Gasteiger partial charge on any atom is 0.252 e. The smallest absolute Gasteiger partial charge is 0.252 e. The summed E-state index contributed by atoms with van der Waals surface area (Å²) >= 11 is 0. The van der Waals surface area contributed by atoms with E-state index in [4.69, 9.17) is 0 Å². The maximum absolute atomic E-state index is 2.63. The molecule has 0 aliphatic carbocycles. The Balaban J connectivity index is 1.19. The Kier molecular flexibility index (Phi) is 12.0. The molecule has 376 valence electrons. The molecule has 0 bridgehead atoms. The van der Waals surface area contributed by atoms with Gasteiger partial charge < -0.3 is 9.80 Å². The molecule has 0 saturated carbocycles. The van der Waals surface area contributed by atoms with Gasteiger partial charge in [-0.05, 0) is 178 Å². The third kappa shape index (κ3) is 8.74. The van der Waals surface area contributed by atoms with E-state index in [1.54, 1.807) is 0 Å². The molecule has 0 fully saturated rings. The van der Waals surface area contributed by atoms with Crippen LogP contribution in [0, 0.1) is 6.92 Å². The lowest BCUT2D eigenvalue weighted by Crippen LogP contribution is -2.61. The normalized spacial score (nSPS) is 12.7. The summed E-state index contributed by atoms with van der Waals surface area (Å²) < 4.78 is 0. The van der Waals surface area contributed by atoms with Gasteiger partial charge in [-0.3, -0.25) is 0 Å². The second-order valence-electron chi connectivity index (χ2n) is 23.5. The number of benzene rings is 11. The highest BCUT2D eigenvalue weighted by atomic mass is 15.2. The van der Waals surface area contributed by atoms with Crippen LogP contribution in [0.15, 0.2) is 255 Å². The van der Waals surface area contributed by atoms with Crippen molar-refractivity contribution in [2.24, 2.45) is 0 Å². The molecule has 0 spiro atoms. The number of hydrogen-bond donors (Lipinski definition) is 0. The predicted molar refractivity (Wildman–Crippen MR) is 335 cm³/mol. The van der Waals surface area contributed by atoms with E-state index < -0.39 is 0 Å². The van der Waals surface area contributed by atoms with Crippen molar-refractivity contribution >= 4 is 57.2 Å². The highest BCUT2D eigenvalue weighted by molar-refractivity contribution is 7.00. The van der Waals surface area contributed by atoms with Gasteiger partial charge in [0, 0.05) is 34.1 Å². The van der Waals surface area contributed by atoms with Gasteiger partial charge in [0.1, 0.15) is 0 Å². The van der Waals surface area contributed by atoms with Crippen molar-refractivity contribution in [3.63, 3.8) is 0 Å². The molecule has 11 aromatic carbocycles. The van der Waals surface area contributed by atoms with Crippen molar-refractivity contribution in [3.8, 4) is 66.8 Å². The van der Waals surface area contributed by atoms with E-state index in [0.717, 1.165) is 11.4 Å². The Labute approximate surface area is 462 Å². The molecule has 11 aromatic rings. The van der Waals surface area contributed by atoms with Crippen molar-refractivity contribution in [1.82, 2.24) is 0 Å². The zero-order valence-corrected chi connectivity index (χ0v) is 45.7. The van der Waals surface area contributed by atoms with Gasteiger partial charge in [0.25, 0.3) is 6.71 Å². The molecular weight excluding hydrogens is 940 g/mol. The maximum atomic E-state index is 2.63. The summed E-state index contributed by atoms with van der Waals surface area (Å²) in [6.45, 7) is 16.4. The fraction of sp³-hybridized carbons (Fsp3) is 0.120. The van der Waals surface area contributed by atoms with Gasteiger partial charge in [0.15, 0.2) is 0 Å². The van der Waals surface area contributed by atoms with Crippen molar-refractivity contribution in [1.29, 1.82) is 0 Å². The monoisotopic (exact) mass is 1000 g/mol. The summed E-state index contributed by atoms with van der Waals surface area (Å²) in [5, 5.41) is 0. The third-order valence-electron chi connectivity index (χ3n) is 16.1. The summed E-state index contributed by atoms with van der Waals surface area (Å²) in [4.78, 5) is 5.25. The number of nitrogens with zero attached hydrogens (tertiary/aromatic N) is 2. The van der Waals surface area contributed by atoms with Gasteiger partial charge in [-0.1, -0.05) is 236 Å². The first-order valence-corrected chi connectivity index (χ1v) is 27.6. The van der Waals surface area contributed by atoms with Gasteiger partial charge in [0.2, 0.25) is 0 Å². The molecule has 0 saturated heterocycles. The standard InChI is InChI=1S/C75H63BN2/c1-50-38-71-73-72(39-50)78(62-44-59(53-30-18-10-19-31-53)41-60(45-62)54-32-20-11-21-33-54)70-49-66(75(5,6)7)64(56-36-24-13-25-37-56)47-68(70)76(73)67-46-63(55-34-22-12-23-35-55)65(74(2,3)4)48-69(67)77(71)61-42-57(51-26-14-8-15-27-51)40-58(43-61)52-28-16-9-17-29-52/h8-49H,1-7H3. The fourth-order valence-electron chi connectivity index (χ4n) is 12.4. The summed E-state index contributed by atoms with van der Waals surface area (Å²) in [6, 6.07) is 95.4. The van der Waals surface area contributed by atoms with Crippen LogP contribution in [0.2, 0.25) is 0 Å². The Morgan fingerprint density at radius 1 is 0.282 bits per heavy atom. The number of fused-ring (bicyclic) bond motifs is 4. The van der Waals surface area contributed by atoms with Crippen molar-refractivity contribution in [2.45, 2.75) is 59.3 Å². The third-order valence-corrected chi connectivity index (χ3v) is 16.1. The van der Waals surface area contributed by atoms with Gasteiger partial charge in [-0.15, -0.1) is 0 Å². The van der Waals surface area contributed by atoms with E-state index in [0.29, 0.717) is 0 Å². The Bertz CT molecular complexity index is 3650. The molecule has 0 unspecified atom stereocenters. The summed E-state index contributed by atoms with van der Waals surface area (Å²) in [5.74, 6) is 0. The molecule has 0 aromatic heterocycles. The van der Waals surface area contributed by atoms with Crippen LogP contribution in [-0.4, -0.2) is 6.71 Å². The van der Waals surface area contributed by atoms with E-state index in [1.165, 1.54) is 123 Å². The van der Waals surface area contributed by atoms with E-state index in [1.807, 2.05) is 0 Å². The van der Waals surface area contributed by atoms with Crippen LogP contribution in [0.3, 0.4) is 0 Å². The lowest BCUT2D eigenvalue weighted by atomic mass is 9.33. The fourth-order valence-corrected chi connectivity index (χ4v) is 12.4. The van der Waals surface area contributed by atoms with Crippen molar-refractivity contribution in [2.75, 3.05) is 9.80 Å². The Morgan fingerprint density at radius 2 is 0.564 bits per heavy atom. The molecule has 3 heteroatoms. The molecule has 13 rings (SSSR count). The zero-order chi connectivity index (χ0) is 53.3. The molecule has 78 heavy (non-hydrogen) atoms. The lowest BCUT2D eigenvalue weighted by Gasteiger charge is -2.46. The van der Waals surface area contributed by atoms with Gasteiger partial charge in [-0.2, -0.15) is 0 Å². The highest BCUT2D eigenvalue weighted by Crippen LogP contribution is 2.50. The SMILES string of the molecule is Cc1cc2c3c(c1)N(c1cc(-c4ccccc4)cc(-c4ccccc4)c1)c1cc(C(C)(C)C)c(-c4ccccc4)cc1B3c1cc(-c3ccccc3)c(C(C)(C)C)cc1N2c1cc(-c2ccccc2)cc(-c2ccccc2)c1. The number of anilines is 6. The minimum Gasteiger partial charge on any atom is -0.311 e. The highest BCUT2D eigenvalue weighted by Gasteiger charge is 2.45. The molecule has 2 nitrogen and oxygen atoms in total. The number of aryl methyl sites for hydroxylation is 1. The minimum atomic E-state index is -0.186. The van der Waals surface area contributed by atoms with Crippen molar-refractivity contribution in [3.05, 3.63) is 271 Å². The van der Waals surface area contributed by atoms with Crippen LogP contribution in [0.5, 0.6) is 0 Å². The van der Waals surface area contributed by atoms with E-state index in [-0.39, 0.29) is 17.5 Å². The molecule has 2 heterocycles. The molecule has 0 amide bonds. The van der Waals surface area contributed by atoms with Crippen LogP contribution in [0.1, 0.15) is 58.2 Å². The first kappa shape index (κ1) is 48.7. The van der Waals surface area contributed by atoms with Crippen LogP contribution < -0.4 is 26.2 Å². The largest absolute Gasteiger partial charge is 0.311 e. The van der Waals surface area contributed by atoms with Gasteiger partial charge in [-0.25, -0.2) is 0 Å². The van der Waals surface area contributed by atoms with Crippen LogP contribution in [0.4, 0.5) is 34.1 Å². The summed E-state index contributed by atoms with van der Waals surface area (Å²) in [6.07, 6.45) is 0. The molecule has 0 atom stereocenters. The van der Waals surface area contributed by atoms with E-state index in [9.17, 15) is 0 Å². The first-order valence-electron chi connectivity index (χ1n) is 27.6. The second-order valence-corrected chi connectivity index (χ2v) is 23.5. The first-order chi connectivity index (χ1) is 37.9. The van der Waals surface area contributed by atoms with Crippen LogP contribution >= 0.6 is 0 Å². The van der Waals surface area contributed by atoms with E-state index in [2.05, 4.69) is 313 Å². The lowest BCUT2D eigenvalue weighted by molar-refractivity contribution is 0.592. The molecule has 2 aliphatic rings. The van der Waals surface area contributed by atoms with Crippen LogP contribution in [-0.2, 0) is 10.8 Å². The summed E-state index contributed by atoms with van der Waals surface area (Å²) in [5.41, 5.74) is 28.8. The van der Waals surface area contributed by atoms with Crippen molar-refractivity contribution < 1.29 is 0 Å². The zero-order valence-electron chi connectivity index (χ0n) is 45.7.